The van der Waals surface area contributed by atoms with Crippen molar-refractivity contribution in [3.63, 3.8) is 0 Å². The summed E-state index contributed by atoms with van der Waals surface area (Å²) in [4.78, 5) is 0. The van der Waals surface area contributed by atoms with E-state index in [1.165, 1.54) is 32.4 Å². The van der Waals surface area contributed by atoms with Crippen LogP contribution >= 0.6 is 12.4 Å². The lowest BCUT2D eigenvalue weighted by Crippen LogP contribution is -2.29. The van der Waals surface area contributed by atoms with Crippen molar-refractivity contribution < 1.29 is 0 Å². The van der Waals surface area contributed by atoms with Crippen LogP contribution in [0.25, 0.3) is 0 Å². The highest BCUT2D eigenvalue weighted by Crippen LogP contribution is 2.14. The van der Waals surface area contributed by atoms with Crippen molar-refractivity contribution in [3.8, 4) is 12.3 Å². The van der Waals surface area contributed by atoms with Gasteiger partial charge in [-0.1, -0.05) is 0 Å². The third-order valence-corrected chi connectivity index (χ3v) is 2.10. The minimum Gasteiger partial charge on any atom is -0.316 e. The average Bonchev–Trinajstić information content (AvgIpc) is 2.03. The van der Waals surface area contributed by atoms with Crippen molar-refractivity contribution in [2.24, 2.45) is 5.92 Å². The summed E-state index contributed by atoms with van der Waals surface area (Å²) in [5.41, 5.74) is 0. The van der Waals surface area contributed by atoms with Gasteiger partial charge in [-0.2, -0.15) is 0 Å². The van der Waals surface area contributed by atoms with Gasteiger partial charge in [0.25, 0.3) is 0 Å². The summed E-state index contributed by atoms with van der Waals surface area (Å²) in [6.45, 7) is 2.38. The molecule has 64 valence electrons. The molecule has 1 fully saturated rings. The highest BCUT2D eigenvalue weighted by atomic mass is 35.5. The van der Waals surface area contributed by atoms with Crippen LogP contribution in [-0.2, 0) is 0 Å². The molecule has 0 amide bonds. The number of halogens is 1. The Morgan fingerprint density at radius 3 is 2.91 bits per heavy atom. The van der Waals surface area contributed by atoms with E-state index in [0.717, 1.165) is 12.3 Å². The number of terminal acetylenes is 1. The van der Waals surface area contributed by atoms with Gasteiger partial charge >= 0.3 is 0 Å². The lowest BCUT2D eigenvalue weighted by Gasteiger charge is -2.21. The number of nitrogens with one attached hydrogen (secondary N) is 1. The predicted molar refractivity (Wildman–Crippen MR) is 50.9 cm³/mol. The summed E-state index contributed by atoms with van der Waals surface area (Å²) < 4.78 is 0. The Morgan fingerprint density at radius 1 is 1.55 bits per heavy atom. The molecule has 0 saturated carbocycles. The molecule has 0 bridgehead atoms. The van der Waals surface area contributed by atoms with Crippen molar-refractivity contribution in [2.45, 2.75) is 25.7 Å². The van der Waals surface area contributed by atoms with Gasteiger partial charge in [-0.05, 0) is 38.3 Å². The number of hydrogen-bond acceptors (Lipinski definition) is 1. The van der Waals surface area contributed by atoms with Crippen molar-refractivity contribution in [1.29, 1.82) is 0 Å². The summed E-state index contributed by atoms with van der Waals surface area (Å²) in [5, 5.41) is 3.38. The second-order valence-corrected chi connectivity index (χ2v) is 2.96. The Bertz CT molecular complexity index is 122. The minimum absolute atomic E-state index is 0. The van der Waals surface area contributed by atoms with Gasteiger partial charge in [0, 0.05) is 6.42 Å². The summed E-state index contributed by atoms with van der Waals surface area (Å²) in [6.07, 6.45) is 10.0. The van der Waals surface area contributed by atoms with Crippen molar-refractivity contribution >= 4 is 12.4 Å². The molecular formula is C9H16ClN. The topological polar surface area (TPSA) is 12.0 Å². The number of piperidine rings is 1. The van der Waals surface area contributed by atoms with Gasteiger partial charge < -0.3 is 5.32 Å². The number of hydrogen-bond donors (Lipinski definition) is 1. The van der Waals surface area contributed by atoms with Crippen LogP contribution in [0.1, 0.15) is 25.7 Å². The molecule has 1 nitrogen and oxygen atoms in total. The third-order valence-electron chi connectivity index (χ3n) is 2.10. The first-order valence-electron chi connectivity index (χ1n) is 4.07. The molecule has 1 rings (SSSR count). The van der Waals surface area contributed by atoms with Crippen LogP contribution in [0.3, 0.4) is 0 Å². The quantitative estimate of drug-likeness (QED) is 0.629. The van der Waals surface area contributed by atoms with E-state index in [4.69, 9.17) is 6.42 Å². The van der Waals surface area contributed by atoms with Crippen molar-refractivity contribution in [1.82, 2.24) is 5.32 Å². The lowest BCUT2D eigenvalue weighted by molar-refractivity contribution is 0.361. The first-order valence-corrected chi connectivity index (χ1v) is 4.07. The highest BCUT2D eigenvalue weighted by Gasteiger charge is 2.10. The van der Waals surface area contributed by atoms with Crippen LogP contribution in [0.4, 0.5) is 0 Å². The molecule has 1 aliphatic heterocycles. The lowest BCUT2D eigenvalue weighted by atomic mass is 9.95. The maximum Gasteiger partial charge on any atom is 0.00891 e. The fraction of sp³-hybridized carbons (Fsp3) is 0.778. The van der Waals surface area contributed by atoms with E-state index in [2.05, 4.69) is 11.2 Å². The van der Waals surface area contributed by atoms with Crippen LogP contribution < -0.4 is 5.32 Å². The van der Waals surface area contributed by atoms with E-state index >= 15 is 0 Å². The van der Waals surface area contributed by atoms with Gasteiger partial charge in [0.05, 0.1) is 0 Å². The SMILES string of the molecule is C#CCCC1CCCNC1.Cl. The molecule has 0 spiro atoms. The molecule has 1 saturated heterocycles. The molecular weight excluding hydrogens is 158 g/mol. The maximum absolute atomic E-state index is 5.18. The molecule has 1 atom stereocenters. The molecule has 1 aliphatic rings. The maximum atomic E-state index is 5.18. The van der Waals surface area contributed by atoms with Gasteiger partial charge in [-0.25, -0.2) is 0 Å². The molecule has 11 heavy (non-hydrogen) atoms. The van der Waals surface area contributed by atoms with Crippen molar-refractivity contribution in [3.05, 3.63) is 0 Å². The second kappa shape index (κ2) is 6.52. The first-order chi connectivity index (χ1) is 4.93. The monoisotopic (exact) mass is 173 g/mol. The fourth-order valence-electron chi connectivity index (χ4n) is 1.46. The molecule has 0 aromatic heterocycles. The Balaban J connectivity index is 0.000001000. The van der Waals surface area contributed by atoms with Gasteiger partial charge in [0.2, 0.25) is 0 Å². The van der Waals surface area contributed by atoms with Crippen LogP contribution in [0.15, 0.2) is 0 Å². The second-order valence-electron chi connectivity index (χ2n) is 2.96. The van der Waals surface area contributed by atoms with E-state index < -0.39 is 0 Å². The standard InChI is InChI=1S/C9H15N.ClH/c1-2-3-5-9-6-4-7-10-8-9;/h1,9-10H,3-8H2;1H. The summed E-state index contributed by atoms with van der Waals surface area (Å²) >= 11 is 0. The Morgan fingerprint density at radius 2 is 2.36 bits per heavy atom. The Hall–Kier alpha value is -0.190. The molecule has 0 aromatic carbocycles. The summed E-state index contributed by atoms with van der Waals surface area (Å²) in [7, 11) is 0. The minimum atomic E-state index is 0. The zero-order valence-corrected chi connectivity index (χ0v) is 7.62. The van der Waals surface area contributed by atoms with E-state index in [-0.39, 0.29) is 12.4 Å². The zero-order valence-electron chi connectivity index (χ0n) is 6.81. The predicted octanol–water partition coefficient (Wildman–Crippen LogP) is 1.82. The Kier molecular flexibility index (Phi) is 6.40. The molecule has 0 aromatic rings. The normalized spacial score (nSPS) is 23.4. The van der Waals surface area contributed by atoms with Crippen LogP contribution in [-0.4, -0.2) is 13.1 Å². The zero-order chi connectivity index (χ0) is 7.23. The van der Waals surface area contributed by atoms with E-state index in [1.807, 2.05) is 0 Å². The molecule has 1 N–H and O–H groups in total. The molecule has 0 radical (unpaired) electrons. The van der Waals surface area contributed by atoms with E-state index in [0.29, 0.717) is 0 Å². The van der Waals surface area contributed by atoms with Crippen LogP contribution in [0, 0.1) is 18.3 Å². The molecule has 1 heterocycles. The van der Waals surface area contributed by atoms with Gasteiger partial charge in [-0.15, -0.1) is 24.8 Å². The van der Waals surface area contributed by atoms with Gasteiger partial charge in [0.1, 0.15) is 0 Å². The third kappa shape index (κ3) is 4.29. The van der Waals surface area contributed by atoms with Gasteiger partial charge in [-0.3, -0.25) is 0 Å². The molecule has 1 unspecified atom stereocenters. The average molecular weight is 174 g/mol. The van der Waals surface area contributed by atoms with Crippen LogP contribution in [0.5, 0.6) is 0 Å². The van der Waals surface area contributed by atoms with E-state index in [1.54, 1.807) is 0 Å². The molecule has 2 heteroatoms. The molecule has 0 aliphatic carbocycles. The largest absolute Gasteiger partial charge is 0.316 e. The summed E-state index contributed by atoms with van der Waals surface area (Å²) in [5.74, 6) is 3.54. The van der Waals surface area contributed by atoms with Gasteiger partial charge in [0.15, 0.2) is 0 Å². The Labute approximate surface area is 75.4 Å². The highest BCUT2D eigenvalue weighted by molar-refractivity contribution is 5.85. The first kappa shape index (κ1) is 10.8. The fourth-order valence-corrected chi connectivity index (χ4v) is 1.46. The van der Waals surface area contributed by atoms with Crippen molar-refractivity contribution in [2.75, 3.05) is 13.1 Å². The van der Waals surface area contributed by atoms with Crippen LogP contribution in [0.2, 0.25) is 0 Å². The summed E-state index contributed by atoms with van der Waals surface area (Å²) in [6, 6.07) is 0. The smallest absolute Gasteiger partial charge is 0.00891 e. The number of rotatable bonds is 2. The van der Waals surface area contributed by atoms with E-state index in [9.17, 15) is 0 Å².